The Labute approximate surface area is 273 Å². The van der Waals surface area contributed by atoms with Crippen molar-refractivity contribution in [1.29, 1.82) is 0 Å². The molecule has 2 saturated heterocycles. The summed E-state index contributed by atoms with van der Waals surface area (Å²) in [5.74, 6) is -5.27. The number of ether oxygens (including phenoxy) is 1. The van der Waals surface area contributed by atoms with E-state index in [0.29, 0.717) is 56.2 Å². The molecule has 3 aliphatic rings. The molecular formula is C34H42ClF3N6O2. The summed E-state index contributed by atoms with van der Waals surface area (Å²) in [7, 11) is 1.85. The van der Waals surface area contributed by atoms with Crippen LogP contribution in [0.1, 0.15) is 94.1 Å². The first-order valence-electron chi connectivity index (χ1n) is 15.9. The predicted octanol–water partition coefficient (Wildman–Crippen LogP) is 6.36. The third kappa shape index (κ3) is 5.42. The second-order valence-electron chi connectivity index (χ2n) is 14.7. The summed E-state index contributed by atoms with van der Waals surface area (Å²) in [5.41, 5.74) is 1.93. The van der Waals surface area contributed by atoms with Crippen LogP contribution in [0.25, 0.3) is 0 Å². The number of nitrogens with zero attached hydrogens (tertiary/aromatic N) is 6. The second-order valence-corrected chi connectivity index (χ2v) is 15.1. The number of rotatable bonds is 4. The molecule has 1 amide bonds. The van der Waals surface area contributed by atoms with Crippen LogP contribution in [-0.2, 0) is 27.6 Å². The van der Waals surface area contributed by atoms with E-state index in [-0.39, 0.29) is 23.1 Å². The van der Waals surface area contributed by atoms with Crippen LogP contribution in [0.2, 0.25) is 5.02 Å². The van der Waals surface area contributed by atoms with Crippen molar-refractivity contribution < 1.29 is 22.7 Å². The SMILES string of the molecule is Cc1nc2c(cc1Cl)[C@@H](C(C)(C)c1cnnn1C)OC21CCN(C(=O)[C@@H]2CCN(C(C)(C)C)C[C@H]2c2ccc(F)c(F)c2F)CC1. The average molecular weight is 659 g/mol. The first-order chi connectivity index (χ1) is 21.5. The average Bonchev–Trinajstić information content (AvgIpc) is 3.58. The van der Waals surface area contributed by atoms with Crippen LogP contribution < -0.4 is 0 Å². The minimum atomic E-state index is -1.50. The van der Waals surface area contributed by atoms with Crippen LogP contribution in [0, 0.1) is 30.3 Å². The summed E-state index contributed by atoms with van der Waals surface area (Å²) in [6, 6.07) is 4.19. The van der Waals surface area contributed by atoms with Crippen LogP contribution in [0.5, 0.6) is 0 Å². The fourth-order valence-corrected chi connectivity index (χ4v) is 7.88. The zero-order chi connectivity index (χ0) is 33.3. The number of carbonyl (C=O) groups is 1. The molecule has 6 rings (SSSR count). The minimum absolute atomic E-state index is 0.0408. The summed E-state index contributed by atoms with van der Waals surface area (Å²) in [4.78, 5) is 23.2. The molecule has 0 N–H and O–H groups in total. The van der Waals surface area contributed by atoms with E-state index in [9.17, 15) is 13.6 Å². The van der Waals surface area contributed by atoms with Crippen LogP contribution in [0.4, 0.5) is 13.2 Å². The zero-order valence-electron chi connectivity index (χ0n) is 27.5. The van der Waals surface area contributed by atoms with Gasteiger partial charge in [0, 0.05) is 55.0 Å². The lowest BCUT2D eigenvalue weighted by Crippen LogP contribution is -2.54. The molecule has 2 fully saturated rings. The second kappa shape index (κ2) is 11.6. The number of pyridine rings is 1. The van der Waals surface area contributed by atoms with Crippen molar-refractivity contribution in [3.8, 4) is 0 Å². The van der Waals surface area contributed by atoms with E-state index in [0.717, 1.165) is 23.0 Å². The number of halogens is 4. The maximum atomic E-state index is 15.2. The molecule has 3 aromatic rings. The summed E-state index contributed by atoms with van der Waals surface area (Å²) < 4.78 is 52.3. The third-order valence-corrected chi connectivity index (χ3v) is 10.9. The van der Waals surface area contributed by atoms with Crippen molar-refractivity contribution >= 4 is 17.5 Å². The molecule has 2 aromatic heterocycles. The molecule has 3 atom stereocenters. The van der Waals surface area contributed by atoms with E-state index in [4.69, 9.17) is 21.3 Å². The first kappa shape index (κ1) is 32.9. The number of hydrogen-bond donors (Lipinski definition) is 0. The number of aromatic nitrogens is 4. The number of likely N-dealkylation sites (tertiary alicyclic amines) is 2. The van der Waals surface area contributed by atoms with Crippen molar-refractivity contribution in [2.45, 2.75) is 89.4 Å². The predicted molar refractivity (Wildman–Crippen MR) is 168 cm³/mol. The van der Waals surface area contributed by atoms with Gasteiger partial charge in [0.2, 0.25) is 5.91 Å². The standard InChI is InChI=1S/C34H42ClF3N6O2/c1-19-24(35)16-22-29(40-19)34(46-30(22)33(5,6)26-17-39-41-42(26)7)11-14-43(15-12-34)31(45)21-10-13-44(32(2,3)4)18-23(21)20-8-9-25(36)28(38)27(20)37/h8-9,16-17,21,23,30H,10-15,18H2,1-7H3/t21-,23+,30+/m1/s1. The van der Waals surface area contributed by atoms with Gasteiger partial charge < -0.3 is 9.64 Å². The molecule has 46 heavy (non-hydrogen) atoms. The van der Waals surface area contributed by atoms with Crippen molar-refractivity contribution in [2.75, 3.05) is 26.2 Å². The number of aryl methyl sites for hydroxylation is 2. The highest BCUT2D eigenvalue weighted by Crippen LogP contribution is 2.55. The van der Waals surface area contributed by atoms with Gasteiger partial charge in [0.1, 0.15) is 5.60 Å². The van der Waals surface area contributed by atoms with Gasteiger partial charge >= 0.3 is 0 Å². The lowest BCUT2D eigenvalue weighted by atomic mass is 9.77. The molecule has 0 bridgehead atoms. The molecule has 1 spiro atoms. The van der Waals surface area contributed by atoms with E-state index in [1.807, 2.05) is 24.9 Å². The Morgan fingerprint density at radius 1 is 1.04 bits per heavy atom. The van der Waals surface area contributed by atoms with Crippen LogP contribution in [0.15, 0.2) is 24.4 Å². The molecular weight excluding hydrogens is 617 g/mol. The Morgan fingerprint density at radius 2 is 1.74 bits per heavy atom. The molecule has 3 aliphatic heterocycles. The Bertz CT molecular complexity index is 1660. The molecule has 1 aromatic carbocycles. The smallest absolute Gasteiger partial charge is 0.226 e. The lowest BCUT2D eigenvalue weighted by Gasteiger charge is -2.47. The monoisotopic (exact) mass is 658 g/mol. The van der Waals surface area contributed by atoms with E-state index in [1.165, 1.54) is 6.07 Å². The minimum Gasteiger partial charge on any atom is -0.360 e. The Morgan fingerprint density at radius 3 is 2.37 bits per heavy atom. The van der Waals surface area contributed by atoms with Crippen molar-refractivity contribution in [3.05, 3.63) is 75.1 Å². The molecule has 248 valence electrons. The molecule has 0 radical (unpaired) electrons. The Kier molecular flexibility index (Phi) is 8.29. The van der Waals surface area contributed by atoms with E-state index >= 15 is 4.39 Å². The van der Waals surface area contributed by atoms with Gasteiger partial charge in [-0.25, -0.2) is 13.2 Å². The topological polar surface area (TPSA) is 76.4 Å². The van der Waals surface area contributed by atoms with Crippen LogP contribution in [-0.4, -0.2) is 67.4 Å². The highest BCUT2D eigenvalue weighted by atomic mass is 35.5. The largest absolute Gasteiger partial charge is 0.360 e. The van der Waals surface area contributed by atoms with Crippen LogP contribution >= 0.6 is 11.6 Å². The Hall–Kier alpha value is -3.02. The fourth-order valence-electron chi connectivity index (χ4n) is 7.72. The summed E-state index contributed by atoms with van der Waals surface area (Å²) in [5, 5.41) is 8.79. The number of amides is 1. The maximum Gasteiger partial charge on any atom is 0.226 e. The van der Waals surface area contributed by atoms with E-state index in [1.54, 1.807) is 10.9 Å². The van der Waals surface area contributed by atoms with E-state index < -0.39 is 40.3 Å². The van der Waals surface area contributed by atoms with Gasteiger partial charge in [-0.3, -0.25) is 19.4 Å². The van der Waals surface area contributed by atoms with E-state index in [2.05, 4.69) is 49.8 Å². The van der Waals surface area contributed by atoms with Gasteiger partial charge in [0.25, 0.3) is 0 Å². The zero-order valence-corrected chi connectivity index (χ0v) is 28.3. The highest BCUT2D eigenvalue weighted by Gasteiger charge is 2.54. The van der Waals surface area contributed by atoms with Gasteiger partial charge in [-0.05, 0) is 71.2 Å². The third-order valence-electron chi connectivity index (χ3n) is 10.5. The lowest BCUT2D eigenvalue weighted by molar-refractivity contribution is -0.153. The molecule has 12 heteroatoms. The van der Waals surface area contributed by atoms with Crippen molar-refractivity contribution in [1.82, 2.24) is 29.8 Å². The quantitative estimate of drug-likeness (QED) is 0.304. The molecule has 8 nitrogen and oxygen atoms in total. The maximum absolute atomic E-state index is 15.2. The molecule has 0 aliphatic carbocycles. The van der Waals surface area contributed by atoms with Gasteiger partial charge in [-0.15, -0.1) is 5.10 Å². The first-order valence-corrected chi connectivity index (χ1v) is 16.3. The van der Waals surface area contributed by atoms with Gasteiger partial charge in [-0.2, -0.15) is 0 Å². The number of hydrogen-bond acceptors (Lipinski definition) is 6. The molecule has 0 unspecified atom stereocenters. The van der Waals surface area contributed by atoms with Gasteiger partial charge in [-0.1, -0.05) is 36.7 Å². The fraction of sp³-hybridized carbons (Fsp3) is 0.588. The highest BCUT2D eigenvalue weighted by molar-refractivity contribution is 6.31. The van der Waals surface area contributed by atoms with Crippen molar-refractivity contribution in [2.24, 2.45) is 13.0 Å². The van der Waals surface area contributed by atoms with Gasteiger partial charge in [0.05, 0.1) is 34.4 Å². The van der Waals surface area contributed by atoms with Crippen molar-refractivity contribution in [3.63, 3.8) is 0 Å². The number of benzene rings is 1. The van der Waals surface area contributed by atoms with Crippen LogP contribution in [0.3, 0.4) is 0 Å². The summed E-state index contributed by atoms with van der Waals surface area (Å²) in [6.07, 6.45) is 2.88. The number of carbonyl (C=O) groups excluding carboxylic acids is 1. The number of fused-ring (bicyclic) bond motifs is 2. The number of piperidine rings is 2. The Balaban J connectivity index is 1.28. The van der Waals surface area contributed by atoms with Gasteiger partial charge in [0.15, 0.2) is 17.5 Å². The molecule has 0 saturated carbocycles. The summed E-state index contributed by atoms with van der Waals surface area (Å²) >= 11 is 6.60. The normalized spacial score (nSPS) is 23.6. The summed E-state index contributed by atoms with van der Waals surface area (Å²) in [6.45, 7) is 14.0. The molecule has 5 heterocycles.